The van der Waals surface area contributed by atoms with Crippen LogP contribution in [0.1, 0.15) is 46.5 Å². The summed E-state index contributed by atoms with van der Waals surface area (Å²) in [7, 11) is 0. The van der Waals surface area contributed by atoms with E-state index in [4.69, 9.17) is 0 Å². The zero-order valence-corrected chi connectivity index (χ0v) is 15.8. The summed E-state index contributed by atoms with van der Waals surface area (Å²) in [6, 6.07) is 0. The summed E-state index contributed by atoms with van der Waals surface area (Å²) in [5, 5.41) is 6.66. The highest BCUT2D eigenvalue weighted by Gasteiger charge is 2.13. The molecule has 5 heteroatoms. The van der Waals surface area contributed by atoms with Crippen molar-refractivity contribution in [3.63, 3.8) is 0 Å². The number of nitrogens with one attached hydrogen (secondary N) is 2. The van der Waals surface area contributed by atoms with Gasteiger partial charge in [-0.05, 0) is 45.2 Å². The van der Waals surface area contributed by atoms with Gasteiger partial charge in [0.2, 0.25) is 0 Å². The van der Waals surface area contributed by atoms with Crippen LogP contribution in [-0.4, -0.2) is 50.1 Å². The Kier molecular flexibility index (Phi) is 12.7. The van der Waals surface area contributed by atoms with Crippen molar-refractivity contribution in [2.45, 2.75) is 46.5 Å². The number of nitrogens with zero attached hydrogens (tertiary/aromatic N) is 2. The van der Waals surface area contributed by atoms with Gasteiger partial charge in [-0.25, -0.2) is 0 Å². The second-order valence-electron chi connectivity index (χ2n) is 5.61. The largest absolute Gasteiger partial charge is 0.357 e. The van der Waals surface area contributed by atoms with Crippen LogP contribution in [-0.2, 0) is 0 Å². The van der Waals surface area contributed by atoms with Crippen molar-refractivity contribution < 1.29 is 0 Å². The van der Waals surface area contributed by atoms with Crippen molar-refractivity contribution in [1.29, 1.82) is 0 Å². The average Bonchev–Trinajstić information content (AvgIpc) is 2.43. The maximum absolute atomic E-state index is 4.68. The normalized spacial score (nSPS) is 18.2. The molecule has 0 aromatic heterocycles. The Balaban J connectivity index is 0.00000361. The number of aliphatic imine (C=N–C) groups is 1. The molecule has 0 radical (unpaired) electrons. The lowest BCUT2D eigenvalue weighted by Gasteiger charge is -2.28. The van der Waals surface area contributed by atoms with Gasteiger partial charge in [-0.2, -0.15) is 0 Å². The summed E-state index contributed by atoms with van der Waals surface area (Å²) >= 11 is 0. The fraction of sp³-hybridized carbons (Fsp3) is 0.933. The Morgan fingerprint density at radius 3 is 2.45 bits per heavy atom. The van der Waals surface area contributed by atoms with Crippen LogP contribution in [0.4, 0.5) is 0 Å². The van der Waals surface area contributed by atoms with Gasteiger partial charge in [0, 0.05) is 26.2 Å². The minimum atomic E-state index is 0. The zero-order valence-electron chi connectivity index (χ0n) is 13.5. The lowest BCUT2D eigenvalue weighted by Crippen LogP contribution is -2.38. The van der Waals surface area contributed by atoms with Gasteiger partial charge >= 0.3 is 0 Å². The van der Waals surface area contributed by atoms with Gasteiger partial charge in [0.15, 0.2) is 5.96 Å². The first-order valence-corrected chi connectivity index (χ1v) is 8.00. The molecule has 0 spiro atoms. The molecule has 1 atom stereocenters. The average molecular weight is 396 g/mol. The Morgan fingerprint density at radius 2 is 1.85 bits per heavy atom. The molecule has 0 aromatic carbocycles. The van der Waals surface area contributed by atoms with E-state index in [-0.39, 0.29) is 24.0 Å². The fourth-order valence-electron chi connectivity index (χ4n) is 2.47. The molecule has 0 aromatic rings. The Morgan fingerprint density at radius 1 is 1.15 bits per heavy atom. The van der Waals surface area contributed by atoms with E-state index >= 15 is 0 Å². The van der Waals surface area contributed by atoms with Crippen LogP contribution < -0.4 is 10.6 Å². The highest BCUT2D eigenvalue weighted by molar-refractivity contribution is 14.0. The van der Waals surface area contributed by atoms with E-state index in [1.54, 1.807) is 0 Å². The van der Waals surface area contributed by atoms with Crippen LogP contribution in [0.25, 0.3) is 0 Å². The van der Waals surface area contributed by atoms with Gasteiger partial charge in [0.1, 0.15) is 0 Å². The first kappa shape index (κ1) is 20.0. The zero-order chi connectivity index (χ0) is 13.9. The first-order chi connectivity index (χ1) is 9.26. The molecule has 120 valence electrons. The molecular weight excluding hydrogens is 363 g/mol. The van der Waals surface area contributed by atoms with Crippen molar-refractivity contribution in [1.82, 2.24) is 15.5 Å². The monoisotopic (exact) mass is 396 g/mol. The highest BCUT2D eigenvalue weighted by Crippen LogP contribution is 2.10. The lowest BCUT2D eigenvalue weighted by molar-refractivity contribution is 0.203. The molecule has 20 heavy (non-hydrogen) atoms. The number of guanidine groups is 1. The first-order valence-electron chi connectivity index (χ1n) is 8.00. The predicted molar refractivity (Wildman–Crippen MR) is 99.1 cm³/mol. The smallest absolute Gasteiger partial charge is 0.191 e. The molecule has 0 saturated carbocycles. The van der Waals surface area contributed by atoms with Crippen LogP contribution in [0.5, 0.6) is 0 Å². The van der Waals surface area contributed by atoms with Crippen LogP contribution in [0.15, 0.2) is 4.99 Å². The Bertz CT molecular complexity index is 252. The van der Waals surface area contributed by atoms with E-state index < -0.39 is 0 Å². The quantitative estimate of drug-likeness (QED) is 0.395. The SMILES string of the molecule is CCCNC(=NCC(C)CN1CCCCC1)NCC.I. The summed E-state index contributed by atoms with van der Waals surface area (Å²) in [6.07, 6.45) is 5.29. The Hall–Kier alpha value is -0.0400. The summed E-state index contributed by atoms with van der Waals surface area (Å²) in [5.41, 5.74) is 0. The summed E-state index contributed by atoms with van der Waals surface area (Å²) in [5.74, 6) is 1.60. The third kappa shape index (κ3) is 9.00. The number of piperidine rings is 1. The van der Waals surface area contributed by atoms with Crippen LogP contribution in [0.2, 0.25) is 0 Å². The third-order valence-electron chi connectivity index (χ3n) is 3.47. The van der Waals surface area contributed by atoms with Crippen LogP contribution >= 0.6 is 24.0 Å². The van der Waals surface area contributed by atoms with Crippen molar-refractivity contribution in [3.05, 3.63) is 0 Å². The van der Waals surface area contributed by atoms with E-state index in [9.17, 15) is 0 Å². The standard InChI is InChI=1S/C15H32N4.HI/c1-4-9-17-15(16-5-2)18-12-14(3)13-19-10-7-6-8-11-19;/h14H,4-13H2,1-3H3,(H2,16,17,18);1H. The topological polar surface area (TPSA) is 39.7 Å². The maximum atomic E-state index is 4.68. The van der Waals surface area contributed by atoms with E-state index in [2.05, 4.69) is 41.3 Å². The molecule has 1 rings (SSSR count). The molecule has 4 nitrogen and oxygen atoms in total. The van der Waals surface area contributed by atoms with E-state index in [0.29, 0.717) is 5.92 Å². The van der Waals surface area contributed by atoms with Gasteiger partial charge in [-0.3, -0.25) is 4.99 Å². The molecule has 1 heterocycles. The number of hydrogen-bond acceptors (Lipinski definition) is 2. The molecular formula is C15H33IN4. The van der Waals surface area contributed by atoms with E-state index in [1.165, 1.54) is 38.9 Å². The molecule has 2 N–H and O–H groups in total. The molecule has 1 aliphatic rings. The Labute approximate surface area is 142 Å². The van der Waals surface area contributed by atoms with Gasteiger partial charge in [0.25, 0.3) is 0 Å². The third-order valence-corrected chi connectivity index (χ3v) is 3.47. The number of likely N-dealkylation sites (tertiary alicyclic amines) is 1. The fourth-order valence-corrected chi connectivity index (χ4v) is 2.47. The van der Waals surface area contributed by atoms with Crippen molar-refractivity contribution in [3.8, 4) is 0 Å². The molecule has 1 fully saturated rings. The van der Waals surface area contributed by atoms with Crippen LogP contribution in [0, 0.1) is 5.92 Å². The maximum Gasteiger partial charge on any atom is 0.191 e. The molecule has 0 amide bonds. The second-order valence-corrected chi connectivity index (χ2v) is 5.61. The molecule has 1 aliphatic heterocycles. The summed E-state index contributed by atoms with van der Waals surface area (Å²) < 4.78 is 0. The minimum absolute atomic E-state index is 0. The van der Waals surface area contributed by atoms with E-state index in [0.717, 1.165) is 32.0 Å². The molecule has 1 unspecified atom stereocenters. The lowest BCUT2D eigenvalue weighted by atomic mass is 10.1. The second kappa shape index (κ2) is 12.7. The van der Waals surface area contributed by atoms with Crippen molar-refractivity contribution >= 4 is 29.9 Å². The molecule has 0 bridgehead atoms. The van der Waals surface area contributed by atoms with Crippen molar-refractivity contribution in [2.75, 3.05) is 39.3 Å². The predicted octanol–water partition coefficient (Wildman–Crippen LogP) is 2.69. The number of rotatable bonds is 7. The van der Waals surface area contributed by atoms with Gasteiger partial charge in [-0.15, -0.1) is 24.0 Å². The summed E-state index contributed by atoms with van der Waals surface area (Å²) in [6.45, 7) is 13.2. The van der Waals surface area contributed by atoms with Crippen LogP contribution in [0.3, 0.4) is 0 Å². The highest BCUT2D eigenvalue weighted by atomic mass is 127. The van der Waals surface area contributed by atoms with Gasteiger partial charge in [0.05, 0.1) is 0 Å². The minimum Gasteiger partial charge on any atom is -0.357 e. The number of halogens is 1. The van der Waals surface area contributed by atoms with E-state index in [1.807, 2.05) is 0 Å². The summed E-state index contributed by atoms with van der Waals surface area (Å²) in [4.78, 5) is 7.28. The van der Waals surface area contributed by atoms with Crippen molar-refractivity contribution in [2.24, 2.45) is 10.9 Å². The number of hydrogen-bond donors (Lipinski definition) is 2. The molecule has 0 aliphatic carbocycles. The molecule has 1 saturated heterocycles. The van der Waals surface area contributed by atoms with Gasteiger partial charge < -0.3 is 15.5 Å². The van der Waals surface area contributed by atoms with Gasteiger partial charge in [-0.1, -0.05) is 20.3 Å².